The summed E-state index contributed by atoms with van der Waals surface area (Å²) in [6.45, 7) is 6.01. The summed E-state index contributed by atoms with van der Waals surface area (Å²) in [5.41, 5.74) is 2.45. The van der Waals surface area contributed by atoms with Crippen LogP contribution in [0.2, 0.25) is 0 Å². The van der Waals surface area contributed by atoms with Crippen LogP contribution in [0.25, 0.3) is 0 Å². The summed E-state index contributed by atoms with van der Waals surface area (Å²) in [5, 5.41) is 23.2. The van der Waals surface area contributed by atoms with Crippen molar-refractivity contribution in [2.45, 2.75) is 27.2 Å². The fourth-order valence-corrected chi connectivity index (χ4v) is 2.47. The SMILES string of the molecule is Cc1nc(CCNc2nnc(C)c(C)c2C(=O)O)cs1. The number of aromatic nitrogens is 3. The van der Waals surface area contributed by atoms with E-state index in [-0.39, 0.29) is 5.56 Å². The van der Waals surface area contributed by atoms with Gasteiger partial charge in [-0.3, -0.25) is 0 Å². The van der Waals surface area contributed by atoms with Crippen LogP contribution >= 0.6 is 11.3 Å². The van der Waals surface area contributed by atoms with Crippen molar-refractivity contribution in [1.29, 1.82) is 0 Å². The molecule has 2 N–H and O–H groups in total. The minimum absolute atomic E-state index is 0.187. The van der Waals surface area contributed by atoms with Gasteiger partial charge in [-0.2, -0.15) is 5.10 Å². The topological polar surface area (TPSA) is 88.0 Å². The van der Waals surface area contributed by atoms with E-state index in [4.69, 9.17) is 0 Å². The number of thiazole rings is 1. The van der Waals surface area contributed by atoms with Crippen LogP contribution in [0.1, 0.15) is 32.3 Å². The van der Waals surface area contributed by atoms with E-state index in [0.717, 1.165) is 17.1 Å². The Morgan fingerprint density at radius 3 is 2.70 bits per heavy atom. The Morgan fingerprint density at radius 1 is 1.35 bits per heavy atom. The number of carbonyl (C=O) groups is 1. The highest BCUT2D eigenvalue weighted by atomic mass is 32.1. The summed E-state index contributed by atoms with van der Waals surface area (Å²) in [6.07, 6.45) is 0.720. The first-order chi connectivity index (χ1) is 9.49. The molecule has 0 radical (unpaired) electrons. The largest absolute Gasteiger partial charge is 0.478 e. The Hall–Kier alpha value is -2.02. The molecule has 0 amide bonds. The average molecular weight is 292 g/mol. The van der Waals surface area contributed by atoms with Gasteiger partial charge in [-0.25, -0.2) is 9.78 Å². The summed E-state index contributed by atoms with van der Waals surface area (Å²) in [5.74, 6) is -0.681. The Kier molecular flexibility index (Phi) is 4.29. The minimum atomic E-state index is -0.993. The second-order valence-electron chi connectivity index (χ2n) is 4.47. The van der Waals surface area contributed by atoms with E-state index in [1.807, 2.05) is 12.3 Å². The number of aromatic carboxylic acids is 1. The third-order valence-electron chi connectivity index (χ3n) is 3.01. The highest BCUT2D eigenvalue weighted by Gasteiger charge is 2.17. The highest BCUT2D eigenvalue weighted by Crippen LogP contribution is 2.18. The molecule has 0 spiro atoms. The number of nitrogens with one attached hydrogen (secondary N) is 1. The Balaban J connectivity index is 2.09. The van der Waals surface area contributed by atoms with Gasteiger partial charge in [-0.15, -0.1) is 16.4 Å². The van der Waals surface area contributed by atoms with Crippen LogP contribution in [-0.4, -0.2) is 32.8 Å². The summed E-state index contributed by atoms with van der Waals surface area (Å²) in [6, 6.07) is 0. The highest BCUT2D eigenvalue weighted by molar-refractivity contribution is 7.09. The van der Waals surface area contributed by atoms with E-state index in [9.17, 15) is 9.90 Å². The van der Waals surface area contributed by atoms with E-state index in [1.54, 1.807) is 25.2 Å². The summed E-state index contributed by atoms with van der Waals surface area (Å²) < 4.78 is 0. The van der Waals surface area contributed by atoms with Gasteiger partial charge >= 0.3 is 5.97 Å². The molecule has 0 bridgehead atoms. The van der Waals surface area contributed by atoms with Gasteiger partial charge in [-0.05, 0) is 26.3 Å². The fourth-order valence-electron chi connectivity index (χ4n) is 1.83. The van der Waals surface area contributed by atoms with Crippen molar-refractivity contribution in [3.8, 4) is 0 Å². The van der Waals surface area contributed by atoms with Crippen molar-refractivity contribution < 1.29 is 9.90 Å². The van der Waals surface area contributed by atoms with E-state index in [0.29, 0.717) is 23.6 Å². The quantitative estimate of drug-likeness (QED) is 0.878. The molecule has 0 fully saturated rings. The molecular weight excluding hydrogens is 276 g/mol. The van der Waals surface area contributed by atoms with Crippen LogP contribution < -0.4 is 5.32 Å². The van der Waals surface area contributed by atoms with E-state index >= 15 is 0 Å². The van der Waals surface area contributed by atoms with Gasteiger partial charge in [0.25, 0.3) is 0 Å². The van der Waals surface area contributed by atoms with Gasteiger partial charge in [0.2, 0.25) is 0 Å². The molecule has 0 saturated carbocycles. The maximum atomic E-state index is 11.3. The number of carboxylic acids is 1. The zero-order valence-electron chi connectivity index (χ0n) is 11.6. The first kappa shape index (κ1) is 14.4. The van der Waals surface area contributed by atoms with Crippen LogP contribution in [-0.2, 0) is 6.42 Å². The lowest BCUT2D eigenvalue weighted by Crippen LogP contribution is -2.14. The second-order valence-corrected chi connectivity index (χ2v) is 5.54. The molecule has 0 aliphatic carbocycles. The first-order valence-corrected chi connectivity index (χ1v) is 7.09. The molecule has 2 aromatic rings. The minimum Gasteiger partial charge on any atom is -0.478 e. The summed E-state index contributed by atoms with van der Waals surface area (Å²) in [4.78, 5) is 15.7. The Labute approximate surface area is 120 Å². The summed E-state index contributed by atoms with van der Waals surface area (Å²) >= 11 is 1.60. The number of aryl methyl sites for hydroxylation is 2. The molecule has 0 unspecified atom stereocenters. The van der Waals surface area contributed by atoms with Gasteiger partial charge in [0.1, 0.15) is 5.56 Å². The van der Waals surface area contributed by atoms with Crippen LogP contribution in [0.3, 0.4) is 0 Å². The van der Waals surface area contributed by atoms with Gasteiger partial charge in [0.15, 0.2) is 5.82 Å². The maximum Gasteiger partial charge on any atom is 0.339 e. The molecule has 20 heavy (non-hydrogen) atoms. The zero-order chi connectivity index (χ0) is 14.7. The number of nitrogens with zero attached hydrogens (tertiary/aromatic N) is 3. The predicted molar refractivity (Wildman–Crippen MR) is 77.5 cm³/mol. The predicted octanol–water partition coefficient (Wildman–Crippen LogP) is 2.21. The molecule has 0 aliphatic rings. The van der Waals surface area contributed by atoms with Gasteiger partial charge in [0.05, 0.1) is 16.4 Å². The number of anilines is 1. The molecule has 6 nitrogen and oxygen atoms in total. The normalized spacial score (nSPS) is 10.6. The van der Waals surface area contributed by atoms with Gasteiger partial charge < -0.3 is 10.4 Å². The van der Waals surface area contributed by atoms with Crippen molar-refractivity contribution in [1.82, 2.24) is 15.2 Å². The molecule has 2 rings (SSSR count). The van der Waals surface area contributed by atoms with Crippen LogP contribution in [0, 0.1) is 20.8 Å². The lowest BCUT2D eigenvalue weighted by molar-refractivity contribution is 0.0696. The van der Waals surface area contributed by atoms with Crippen molar-refractivity contribution in [2.75, 3.05) is 11.9 Å². The van der Waals surface area contributed by atoms with E-state index < -0.39 is 5.97 Å². The van der Waals surface area contributed by atoms with E-state index in [2.05, 4.69) is 20.5 Å². The molecule has 0 atom stereocenters. The fraction of sp³-hybridized carbons (Fsp3) is 0.385. The van der Waals surface area contributed by atoms with Crippen molar-refractivity contribution in [2.24, 2.45) is 0 Å². The lowest BCUT2D eigenvalue weighted by atomic mass is 10.1. The van der Waals surface area contributed by atoms with Crippen LogP contribution in [0.5, 0.6) is 0 Å². The monoisotopic (exact) mass is 292 g/mol. The van der Waals surface area contributed by atoms with Crippen LogP contribution in [0.4, 0.5) is 5.82 Å². The van der Waals surface area contributed by atoms with Crippen molar-refractivity contribution in [3.05, 3.63) is 32.9 Å². The van der Waals surface area contributed by atoms with E-state index in [1.165, 1.54) is 0 Å². The number of hydrogen-bond acceptors (Lipinski definition) is 6. The number of carboxylic acid groups (broad SMARTS) is 1. The van der Waals surface area contributed by atoms with Gasteiger partial charge in [-0.1, -0.05) is 0 Å². The second kappa shape index (κ2) is 5.96. The number of hydrogen-bond donors (Lipinski definition) is 2. The van der Waals surface area contributed by atoms with Crippen LogP contribution in [0.15, 0.2) is 5.38 Å². The molecule has 0 saturated heterocycles. The summed E-state index contributed by atoms with van der Waals surface area (Å²) in [7, 11) is 0. The average Bonchev–Trinajstić information content (AvgIpc) is 2.79. The maximum absolute atomic E-state index is 11.3. The van der Waals surface area contributed by atoms with Crippen molar-refractivity contribution in [3.63, 3.8) is 0 Å². The molecular formula is C13H16N4O2S. The molecule has 7 heteroatoms. The third-order valence-corrected chi connectivity index (χ3v) is 3.83. The smallest absolute Gasteiger partial charge is 0.339 e. The first-order valence-electron chi connectivity index (χ1n) is 6.21. The standard InChI is InChI=1S/C13H16N4O2S/c1-7-8(2)16-17-12(11(7)13(18)19)14-5-4-10-6-20-9(3)15-10/h6H,4-5H2,1-3H3,(H,14,17)(H,18,19). The van der Waals surface area contributed by atoms with Gasteiger partial charge in [0, 0.05) is 18.3 Å². The molecule has 106 valence electrons. The molecule has 0 aliphatic heterocycles. The molecule has 2 aromatic heterocycles. The third kappa shape index (κ3) is 3.11. The van der Waals surface area contributed by atoms with Crippen molar-refractivity contribution >= 4 is 23.1 Å². The molecule has 0 aromatic carbocycles. The zero-order valence-corrected chi connectivity index (χ0v) is 12.4. The Bertz CT molecular complexity index is 639. The lowest BCUT2D eigenvalue weighted by Gasteiger charge is -2.10. The number of rotatable bonds is 5. The molecule has 2 heterocycles. The Morgan fingerprint density at radius 2 is 2.10 bits per heavy atom.